The standard InChI is InChI=1S/C18H22N2O4/c1-5-19-8-10-20(11-9-19)17(21)7-6-14-12-15(22-2)18(24-4)16(13-14)23-3/h1,6-7,12-13H,8-11H2,2-4H3/b7-6+. The van der Waals surface area contributed by atoms with E-state index in [1.54, 1.807) is 50.5 Å². The maximum atomic E-state index is 12.3. The minimum absolute atomic E-state index is 0.0413. The molecule has 1 aliphatic rings. The monoisotopic (exact) mass is 330 g/mol. The zero-order chi connectivity index (χ0) is 17.5. The maximum absolute atomic E-state index is 12.3. The number of carbonyl (C=O) groups excluding carboxylic acids is 1. The highest BCUT2D eigenvalue weighted by Gasteiger charge is 2.18. The van der Waals surface area contributed by atoms with E-state index in [9.17, 15) is 4.79 Å². The van der Waals surface area contributed by atoms with Gasteiger partial charge in [0.2, 0.25) is 11.7 Å². The quantitative estimate of drug-likeness (QED) is 0.604. The highest BCUT2D eigenvalue weighted by molar-refractivity contribution is 5.92. The van der Waals surface area contributed by atoms with E-state index < -0.39 is 0 Å². The summed E-state index contributed by atoms with van der Waals surface area (Å²) in [4.78, 5) is 15.9. The zero-order valence-corrected chi connectivity index (χ0v) is 14.2. The summed E-state index contributed by atoms with van der Waals surface area (Å²) in [5.74, 6) is 1.58. The lowest BCUT2D eigenvalue weighted by Crippen LogP contribution is -2.46. The van der Waals surface area contributed by atoms with Crippen LogP contribution >= 0.6 is 0 Å². The lowest BCUT2D eigenvalue weighted by molar-refractivity contribution is -0.127. The van der Waals surface area contributed by atoms with E-state index in [1.807, 2.05) is 4.90 Å². The van der Waals surface area contributed by atoms with Crippen LogP contribution in [-0.2, 0) is 4.79 Å². The molecule has 0 bridgehead atoms. The van der Waals surface area contributed by atoms with E-state index in [-0.39, 0.29) is 5.91 Å². The third-order valence-electron chi connectivity index (χ3n) is 3.88. The number of rotatable bonds is 5. The lowest BCUT2D eigenvalue weighted by atomic mass is 10.1. The van der Waals surface area contributed by atoms with Gasteiger partial charge in [-0.15, -0.1) is 0 Å². The van der Waals surface area contributed by atoms with Crippen LogP contribution in [0.15, 0.2) is 18.2 Å². The van der Waals surface area contributed by atoms with Crippen molar-refractivity contribution in [1.82, 2.24) is 9.80 Å². The molecule has 1 heterocycles. The first-order valence-corrected chi connectivity index (χ1v) is 7.61. The Morgan fingerprint density at radius 1 is 1.08 bits per heavy atom. The molecule has 0 unspecified atom stereocenters. The first-order chi connectivity index (χ1) is 11.6. The molecule has 6 nitrogen and oxygen atoms in total. The molecule has 128 valence electrons. The fourth-order valence-corrected chi connectivity index (χ4v) is 2.53. The number of terminal acetylenes is 1. The van der Waals surface area contributed by atoms with Crippen LogP contribution in [0.1, 0.15) is 5.56 Å². The van der Waals surface area contributed by atoms with Crippen LogP contribution in [0.2, 0.25) is 0 Å². The molecule has 0 atom stereocenters. The van der Waals surface area contributed by atoms with Crippen LogP contribution in [0.3, 0.4) is 0 Å². The first-order valence-electron chi connectivity index (χ1n) is 7.61. The van der Waals surface area contributed by atoms with E-state index in [4.69, 9.17) is 20.6 Å². The fourth-order valence-electron chi connectivity index (χ4n) is 2.53. The summed E-state index contributed by atoms with van der Waals surface area (Å²) >= 11 is 0. The molecular weight excluding hydrogens is 308 g/mol. The molecule has 0 radical (unpaired) electrons. The molecule has 0 aliphatic carbocycles. The topological polar surface area (TPSA) is 51.2 Å². The molecule has 0 saturated carbocycles. The van der Waals surface area contributed by atoms with Crippen molar-refractivity contribution in [3.05, 3.63) is 23.8 Å². The molecule has 1 saturated heterocycles. The van der Waals surface area contributed by atoms with Crippen molar-refractivity contribution in [2.45, 2.75) is 0 Å². The summed E-state index contributed by atoms with van der Waals surface area (Å²) in [5, 5.41) is 0. The van der Waals surface area contributed by atoms with Crippen LogP contribution < -0.4 is 14.2 Å². The molecule has 1 amide bonds. The average molecular weight is 330 g/mol. The lowest BCUT2D eigenvalue weighted by Gasteiger charge is -2.31. The molecule has 24 heavy (non-hydrogen) atoms. The molecule has 0 spiro atoms. The Bertz CT molecular complexity index is 630. The number of piperazine rings is 1. The van der Waals surface area contributed by atoms with Crippen LogP contribution in [0, 0.1) is 12.5 Å². The van der Waals surface area contributed by atoms with Crippen LogP contribution in [-0.4, -0.2) is 63.2 Å². The SMILES string of the molecule is C#CN1CCN(C(=O)/C=C/c2cc(OC)c(OC)c(OC)c2)CC1. The second-order valence-electron chi connectivity index (χ2n) is 5.23. The number of ether oxygens (including phenoxy) is 3. The smallest absolute Gasteiger partial charge is 0.246 e. The molecule has 1 fully saturated rings. The van der Waals surface area contributed by atoms with E-state index >= 15 is 0 Å². The summed E-state index contributed by atoms with van der Waals surface area (Å²) in [6, 6.07) is 6.18. The Labute approximate surface area is 142 Å². The number of carbonyl (C=O) groups is 1. The van der Waals surface area contributed by atoms with Gasteiger partial charge in [0.1, 0.15) is 0 Å². The molecule has 1 aromatic carbocycles. The fraction of sp³-hybridized carbons (Fsp3) is 0.389. The van der Waals surface area contributed by atoms with E-state index in [2.05, 4.69) is 6.04 Å². The van der Waals surface area contributed by atoms with Gasteiger partial charge in [-0.3, -0.25) is 4.79 Å². The van der Waals surface area contributed by atoms with Crippen molar-refractivity contribution in [2.75, 3.05) is 47.5 Å². The van der Waals surface area contributed by atoms with Crippen LogP contribution in [0.5, 0.6) is 17.2 Å². The predicted molar refractivity (Wildman–Crippen MR) is 92.1 cm³/mol. The highest BCUT2D eigenvalue weighted by atomic mass is 16.5. The summed E-state index contributed by atoms with van der Waals surface area (Å²) in [7, 11) is 4.66. The molecule has 0 aromatic heterocycles. The highest BCUT2D eigenvalue weighted by Crippen LogP contribution is 2.38. The molecule has 2 rings (SSSR count). The number of methoxy groups -OCH3 is 3. The van der Waals surface area contributed by atoms with E-state index in [1.165, 1.54) is 0 Å². The number of hydrogen-bond donors (Lipinski definition) is 0. The minimum atomic E-state index is -0.0413. The average Bonchev–Trinajstić information content (AvgIpc) is 2.65. The molecular formula is C18H22N2O4. The van der Waals surface area contributed by atoms with Gasteiger partial charge in [-0.1, -0.05) is 6.42 Å². The number of amides is 1. The second kappa shape index (κ2) is 8.16. The van der Waals surface area contributed by atoms with Gasteiger partial charge in [-0.05, 0) is 23.8 Å². The van der Waals surface area contributed by atoms with Gasteiger partial charge >= 0.3 is 0 Å². The van der Waals surface area contributed by atoms with Gasteiger partial charge < -0.3 is 24.0 Å². The molecule has 0 N–H and O–H groups in total. The van der Waals surface area contributed by atoms with Crippen molar-refractivity contribution < 1.29 is 19.0 Å². The van der Waals surface area contributed by atoms with Crippen molar-refractivity contribution in [1.29, 1.82) is 0 Å². The largest absolute Gasteiger partial charge is 0.493 e. The van der Waals surface area contributed by atoms with Gasteiger partial charge in [0, 0.05) is 38.3 Å². The number of benzene rings is 1. The second-order valence-corrected chi connectivity index (χ2v) is 5.23. The van der Waals surface area contributed by atoms with E-state index in [0.29, 0.717) is 43.4 Å². The third kappa shape index (κ3) is 3.93. The van der Waals surface area contributed by atoms with Gasteiger partial charge in [0.25, 0.3) is 0 Å². The zero-order valence-electron chi connectivity index (χ0n) is 14.2. The van der Waals surface area contributed by atoms with Gasteiger partial charge in [0.05, 0.1) is 21.3 Å². The molecule has 1 aromatic rings. The van der Waals surface area contributed by atoms with Gasteiger partial charge in [-0.25, -0.2) is 0 Å². The maximum Gasteiger partial charge on any atom is 0.246 e. The number of hydrogen-bond acceptors (Lipinski definition) is 5. The predicted octanol–water partition coefficient (Wildman–Crippen LogP) is 1.46. The number of nitrogens with zero attached hydrogens (tertiary/aromatic N) is 2. The van der Waals surface area contributed by atoms with Crippen molar-refractivity contribution >= 4 is 12.0 Å². The van der Waals surface area contributed by atoms with Gasteiger partial charge in [0.15, 0.2) is 11.5 Å². The summed E-state index contributed by atoms with van der Waals surface area (Å²) < 4.78 is 15.9. The summed E-state index contributed by atoms with van der Waals surface area (Å²) in [5.41, 5.74) is 0.792. The van der Waals surface area contributed by atoms with E-state index in [0.717, 1.165) is 5.56 Å². The van der Waals surface area contributed by atoms with Crippen molar-refractivity contribution in [3.8, 4) is 29.7 Å². The van der Waals surface area contributed by atoms with Crippen molar-refractivity contribution in [3.63, 3.8) is 0 Å². The Morgan fingerprint density at radius 2 is 1.67 bits per heavy atom. The van der Waals surface area contributed by atoms with Crippen LogP contribution in [0.25, 0.3) is 6.08 Å². The Kier molecular flexibility index (Phi) is 5.96. The third-order valence-corrected chi connectivity index (χ3v) is 3.88. The molecule has 1 aliphatic heterocycles. The Balaban J connectivity index is 2.11. The van der Waals surface area contributed by atoms with Crippen molar-refractivity contribution in [2.24, 2.45) is 0 Å². The van der Waals surface area contributed by atoms with Gasteiger partial charge in [-0.2, -0.15) is 0 Å². The minimum Gasteiger partial charge on any atom is -0.493 e. The Hall–Kier alpha value is -2.81. The summed E-state index contributed by atoms with van der Waals surface area (Å²) in [6.45, 7) is 2.64. The molecule has 6 heteroatoms. The summed E-state index contributed by atoms with van der Waals surface area (Å²) in [6.07, 6.45) is 8.65. The first kappa shape index (κ1) is 17.5. The normalized spacial score (nSPS) is 14.4. The Morgan fingerprint density at radius 3 is 2.12 bits per heavy atom. The van der Waals surface area contributed by atoms with Crippen LogP contribution in [0.4, 0.5) is 0 Å².